The van der Waals surface area contributed by atoms with E-state index in [0.717, 1.165) is 16.7 Å². The fraction of sp³-hybridized carbons (Fsp3) is 0.316. The molecule has 1 aromatic carbocycles. The van der Waals surface area contributed by atoms with Gasteiger partial charge in [0, 0.05) is 12.1 Å². The van der Waals surface area contributed by atoms with E-state index < -0.39 is 5.56 Å². The van der Waals surface area contributed by atoms with Gasteiger partial charge in [0.05, 0.1) is 0 Å². The first-order valence-corrected chi connectivity index (χ1v) is 7.76. The third-order valence-electron chi connectivity index (χ3n) is 4.02. The summed E-state index contributed by atoms with van der Waals surface area (Å²) in [5.74, 6) is -0.306. The Morgan fingerprint density at radius 3 is 2.50 bits per heavy atom. The monoisotopic (exact) mass is 324 g/mol. The van der Waals surface area contributed by atoms with Gasteiger partial charge in [-0.15, -0.1) is 0 Å². The van der Waals surface area contributed by atoms with Gasteiger partial charge in [-0.1, -0.05) is 29.8 Å². The van der Waals surface area contributed by atoms with E-state index in [-0.39, 0.29) is 24.6 Å². The number of carbonyl (C=O) groups is 1. The van der Waals surface area contributed by atoms with Crippen LogP contribution in [0.2, 0.25) is 0 Å². The smallest absolute Gasteiger partial charge is 0.306 e. The summed E-state index contributed by atoms with van der Waals surface area (Å²) < 4.78 is 5.27. The molecule has 124 valence electrons. The lowest BCUT2D eigenvalue weighted by atomic mass is 9.99. The quantitative estimate of drug-likeness (QED) is 0.857. The number of rotatable bonds is 5. The maximum Gasteiger partial charge on any atom is 0.306 e. The van der Waals surface area contributed by atoms with Gasteiger partial charge >= 0.3 is 5.97 Å². The summed E-state index contributed by atoms with van der Waals surface area (Å²) in [6.45, 7) is 5.74. The molecule has 1 N–H and O–H groups in total. The van der Waals surface area contributed by atoms with Crippen molar-refractivity contribution in [2.24, 2.45) is 0 Å². The molecule has 0 spiro atoms. The van der Waals surface area contributed by atoms with Crippen molar-refractivity contribution in [3.05, 3.63) is 68.1 Å². The number of hydrogen-bond acceptors (Lipinski definition) is 4. The topological polar surface area (TPSA) is 83.0 Å². The molecular weight excluding hydrogens is 304 g/mol. The van der Waals surface area contributed by atoms with Crippen LogP contribution in [-0.4, -0.2) is 11.0 Å². The lowest BCUT2D eigenvalue weighted by Gasteiger charge is -2.11. The Bertz CT molecular complexity index is 843. The number of aryl methyl sites for hydroxylation is 2. The summed E-state index contributed by atoms with van der Waals surface area (Å²) in [6, 6.07) is 9.71. The molecule has 1 heterocycles. The number of nitriles is 1. The van der Waals surface area contributed by atoms with Crippen LogP contribution in [0.3, 0.4) is 0 Å². The van der Waals surface area contributed by atoms with Crippen molar-refractivity contribution in [3.8, 4) is 6.07 Å². The molecule has 0 unspecified atom stereocenters. The third-order valence-corrected chi connectivity index (χ3v) is 4.02. The summed E-state index contributed by atoms with van der Waals surface area (Å²) in [7, 11) is 0. The number of carbonyl (C=O) groups excluding carboxylic acids is 1. The van der Waals surface area contributed by atoms with Gasteiger partial charge in [0.25, 0.3) is 5.56 Å². The average molecular weight is 324 g/mol. The number of hydrogen-bond donors (Lipinski definition) is 1. The Labute approximate surface area is 140 Å². The summed E-state index contributed by atoms with van der Waals surface area (Å²) in [6.07, 6.45) is 0.625. The van der Waals surface area contributed by atoms with Crippen molar-refractivity contribution in [3.63, 3.8) is 0 Å². The first-order chi connectivity index (χ1) is 11.4. The molecule has 5 heteroatoms. The van der Waals surface area contributed by atoms with Gasteiger partial charge in [-0.3, -0.25) is 9.59 Å². The van der Waals surface area contributed by atoms with Crippen LogP contribution in [0.5, 0.6) is 0 Å². The normalized spacial score (nSPS) is 10.2. The second-order valence-corrected chi connectivity index (χ2v) is 5.82. The number of aromatic amines is 1. The molecule has 2 rings (SSSR count). The number of nitrogens with one attached hydrogen (secondary N) is 1. The van der Waals surface area contributed by atoms with Gasteiger partial charge in [0.15, 0.2) is 0 Å². The van der Waals surface area contributed by atoms with Gasteiger partial charge < -0.3 is 9.72 Å². The molecule has 0 aliphatic heterocycles. The zero-order valence-corrected chi connectivity index (χ0v) is 14.1. The number of ether oxygens (including phenoxy) is 1. The number of benzene rings is 1. The SMILES string of the molecule is Cc1ccc(COC(=O)CCc2c(C)[nH]c(=O)c(C#N)c2C)cc1. The van der Waals surface area contributed by atoms with Gasteiger partial charge in [0.1, 0.15) is 18.2 Å². The molecule has 1 aromatic heterocycles. The Morgan fingerprint density at radius 1 is 1.21 bits per heavy atom. The number of pyridine rings is 1. The van der Waals surface area contributed by atoms with E-state index in [4.69, 9.17) is 10.00 Å². The van der Waals surface area contributed by atoms with Crippen LogP contribution in [0.25, 0.3) is 0 Å². The highest BCUT2D eigenvalue weighted by Gasteiger charge is 2.13. The van der Waals surface area contributed by atoms with Crippen molar-refractivity contribution in [1.29, 1.82) is 5.26 Å². The molecule has 0 fully saturated rings. The Balaban J connectivity index is 1.98. The van der Waals surface area contributed by atoms with Crippen LogP contribution in [0, 0.1) is 32.1 Å². The van der Waals surface area contributed by atoms with Crippen LogP contribution in [-0.2, 0) is 22.6 Å². The van der Waals surface area contributed by atoms with Crippen LogP contribution in [0.15, 0.2) is 29.1 Å². The van der Waals surface area contributed by atoms with Gasteiger partial charge in [-0.25, -0.2) is 0 Å². The van der Waals surface area contributed by atoms with Crippen LogP contribution < -0.4 is 5.56 Å². The van der Waals surface area contributed by atoms with Gasteiger partial charge in [-0.2, -0.15) is 5.26 Å². The van der Waals surface area contributed by atoms with Crippen LogP contribution >= 0.6 is 0 Å². The minimum Gasteiger partial charge on any atom is -0.461 e. The second-order valence-electron chi connectivity index (χ2n) is 5.82. The molecule has 0 radical (unpaired) electrons. The van der Waals surface area contributed by atoms with E-state index in [0.29, 0.717) is 17.7 Å². The molecule has 0 saturated carbocycles. The zero-order chi connectivity index (χ0) is 17.7. The van der Waals surface area contributed by atoms with Crippen molar-refractivity contribution < 1.29 is 9.53 Å². The van der Waals surface area contributed by atoms with Crippen LogP contribution in [0.4, 0.5) is 0 Å². The van der Waals surface area contributed by atoms with E-state index in [1.807, 2.05) is 37.3 Å². The first kappa shape index (κ1) is 17.5. The minimum atomic E-state index is -0.391. The Kier molecular flexibility index (Phi) is 5.54. The molecule has 0 saturated heterocycles. The molecule has 2 aromatic rings. The summed E-state index contributed by atoms with van der Waals surface area (Å²) in [4.78, 5) is 26.3. The molecule has 5 nitrogen and oxygen atoms in total. The lowest BCUT2D eigenvalue weighted by molar-refractivity contribution is -0.144. The summed E-state index contributed by atoms with van der Waals surface area (Å²) >= 11 is 0. The fourth-order valence-corrected chi connectivity index (χ4v) is 2.57. The molecule has 0 aliphatic carbocycles. The number of aromatic nitrogens is 1. The first-order valence-electron chi connectivity index (χ1n) is 7.76. The maximum absolute atomic E-state index is 11.9. The highest BCUT2D eigenvalue weighted by Crippen LogP contribution is 2.15. The minimum absolute atomic E-state index is 0.101. The van der Waals surface area contributed by atoms with E-state index in [2.05, 4.69) is 4.98 Å². The summed E-state index contributed by atoms with van der Waals surface area (Å²) in [5.41, 5.74) is 3.94. The molecule has 24 heavy (non-hydrogen) atoms. The molecule has 0 aliphatic rings. The number of nitrogens with zero attached hydrogens (tertiary/aromatic N) is 1. The Hall–Kier alpha value is -2.87. The van der Waals surface area contributed by atoms with Crippen molar-refractivity contribution >= 4 is 5.97 Å². The molecule has 0 atom stereocenters. The molecular formula is C19H20N2O3. The van der Waals surface area contributed by atoms with E-state index in [1.165, 1.54) is 0 Å². The maximum atomic E-state index is 11.9. The highest BCUT2D eigenvalue weighted by atomic mass is 16.5. The van der Waals surface area contributed by atoms with Gasteiger partial charge in [-0.05, 0) is 43.9 Å². The number of esters is 1. The molecule has 0 bridgehead atoms. The standard InChI is InChI=1S/C19H20N2O3/c1-12-4-6-15(7-5-12)11-24-18(22)9-8-16-13(2)17(10-20)19(23)21-14(16)3/h4-7H,8-9,11H2,1-3H3,(H,21,23). The van der Waals surface area contributed by atoms with E-state index in [9.17, 15) is 9.59 Å². The predicted molar refractivity (Wildman–Crippen MR) is 90.5 cm³/mol. The second kappa shape index (κ2) is 7.60. The predicted octanol–water partition coefficient (Wildman–Crippen LogP) is 2.85. The lowest BCUT2D eigenvalue weighted by Crippen LogP contribution is -2.17. The van der Waals surface area contributed by atoms with Crippen LogP contribution in [0.1, 0.15) is 39.9 Å². The summed E-state index contributed by atoms with van der Waals surface area (Å²) in [5, 5.41) is 9.06. The highest BCUT2D eigenvalue weighted by molar-refractivity contribution is 5.70. The van der Waals surface area contributed by atoms with Crippen molar-refractivity contribution in [2.45, 2.75) is 40.2 Å². The van der Waals surface area contributed by atoms with Gasteiger partial charge in [0.2, 0.25) is 0 Å². The third kappa shape index (κ3) is 4.11. The zero-order valence-electron chi connectivity index (χ0n) is 14.1. The van der Waals surface area contributed by atoms with E-state index >= 15 is 0 Å². The number of H-pyrrole nitrogens is 1. The van der Waals surface area contributed by atoms with Crippen molar-refractivity contribution in [1.82, 2.24) is 4.98 Å². The fourth-order valence-electron chi connectivity index (χ4n) is 2.57. The largest absolute Gasteiger partial charge is 0.461 e. The Morgan fingerprint density at radius 2 is 1.88 bits per heavy atom. The van der Waals surface area contributed by atoms with Crippen molar-refractivity contribution in [2.75, 3.05) is 0 Å². The molecule has 0 amide bonds. The average Bonchev–Trinajstić information content (AvgIpc) is 2.54. The van der Waals surface area contributed by atoms with E-state index in [1.54, 1.807) is 13.8 Å².